The first-order valence-electron chi connectivity index (χ1n) is 6.79. The van der Waals surface area contributed by atoms with Gasteiger partial charge in [-0.3, -0.25) is 0 Å². The van der Waals surface area contributed by atoms with Gasteiger partial charge in [-0.2, -0.15) is 0 Å². The third-order valence-electron chi connectivity index (χ3n) is 3.81. The maximum Gasteiger partial charge on any atom is 0.242 e. The minimum Gasteiger partial charge on any atom is -0.387 e. The first-order chi connectivity index (χ1) is 9.03. The van der Waals surface area contributed by atoms with Crippen LogP contribution in [0.4, 0.5) is 5.69 Å². The van der Waals surface area contributed by atoms with Gasteiger partial charge in [0, 0.05) is 13.6 Å². The van der Waals surface area contributed by atoms with Gasteiger partial charge in [-0.15, -0.1) is 0 Å². The molecule has 0 amide bonds. The molecule has 0 bridgehead atoms. The van der Waals surface area contributed by atoms with Gasteiger partial charge in [0.1, 0.15) is 4.90 Å². The highest BCUT2D eigenvalue weighted by molar-refractivity contribution is 7.89. The van der Waals surface area contributed by atoms with Crippen LogP contribution in [0.1, 0.15) is 26.2 Å². The molecule has 2 rings (SSSR count). The molecule has 1 fully saturated rings. The van der Waals surface area contributed by atoms with Crippen LogP contribution in [0.15, 0.2) is 29.2 Å². The van der Waals surface area contributed by atoms with Crippen molar-refractivity contribution in [2.45, 2.75) is 31.1 Å². The summed E-state index contributed by atoms with van der Waals surface area (Å²) < 4.78 is 27.3. The van der Waals surface area contributed by atoms with E-state index in [1.807, 2.05) is 6.07 Å². The van der Waals surface area contributed by atoms with Gasteiger partial charge >= 0.3 is 0 Å². The van der Waals surface area contributed by atoms with Crippen LogP contribution in [0.25, 0.3) is 0 Å². The van der Waals surface area contributed by atoms with Gasteiger partial charge in [-0.25, -0.2) is 13.1 Å². The second-order valence-corrected chi connectivity index (χ2v) is 7.12. The molecule has 0 aromatic heterocycles. The number of rotatable bonds is 5. The molecular formula is C14H22N2O2S. The van der Waals surface area contributed by atoms with Crippen molar-refractivity contribution in [3.05, 3.63) is 24.3 Å². The van der Waals surface area contributed by atoms with E-state index in [4.69, 9.17) is 0 Å². The zero-order valence-electron chi connectivity index (χ0n) is 11.5. The molecule has 1 saturated carbocycles. The van der Waals surface area contributed by atoms with Gasteiger partial charge in [-0.05, 0) is 36.8 Å². The van der Waals surface area contributed by atoms with Crippen molar-refractivity contribution >= 4 is 15.7 Å². The minimum atomic E-state index is -3.42. The molecule has 1 aromatic rings. The third-order valence-corrected chi connectivity index (χ3v) is 5.29. The quantitative estimate of drug-likeness (QED) is 0.872. The summed E-state index contributed by atoms with van der Waals surface area (Å²) in [5, 5.41) is 2.92. The smallest absolute Gasteiger partial charge is 0.242 e. The van der Waals surface area contributed by atoms with Crippen molar-refractivity contribution in [1.29, 1.82) is 0 Å². The van der Waals surface area contributed by atoms with Crippen LogP contribution in [-0.4, -0.2) is 22.0 Å². The number of anilines is 1. The molecule has 1 aliphatic rings. The van der Waals surface area contributed by atoms with Gasteiger partial charge in [0.25, 0.3) is 0 Å². The largest absolute Gasteiger partial charge is 0.387 e. The topological polar surface area (TPSA) is 58.2 Å². The number of benzene rings is 1. The molecule has 4 nitrogen and oxygen atoms in total. The Morgan fingerprint density at radius 1 is 1.26 bits per heavy atom. The van der Waals surface area contributed by atoms with Crippen LogP contribution >= 0.6 is 0 Å². The Morgan fingerprint density at radius 3 is 2.63 bits per heavy atom. The maximum absolute atomic E-state index is 12.3. The standard InChI is InChI=1S/C14H22N2O2S/c1-11-7-8-12(9-11)10-16-19(17,18)14-6-4-3-5-13(14)15-2/h3-6,11-12,15-16H,7-10H2,1-2H3. The predicted molar refractivity (Wildman–Crippen MR) is 77.7 cm³/mol. The first kappa shape index (κ1) is 14.3. The zero-order chi connectivity index (χ0) is 13.9. The van der Waals surface area contributed by atoms with E-state index in [9.17, 15) is 8.42 Å². The zero-order valence-corrected chi connectivity index (χ0v) is 12.3. The lowest BCUT2D eigenvalue weighted by atomic mass is 10.1. The Bertz CT molecular complexity index is 528. The molecule has 0 radical (unpaired) electrons. The Balaban J connectivity index is 2.06. The van der Waals surface area contributed by atoms with E-state index >= 15 is 0 Å². The van der Waals surface area contributed by atoms with Crippen molar-refractivity contribution < 1.29 is 8.42 Å². The second kappa shape index (κ2) is 5.92. The fraction of sp³-hybridized carbons (Fsp3) is 0.571. The average molecular weight is 282 g/mol. The highest BCUT2D eigenvalue weighted by Gasteiger charge is 2.24. The Labute approximate surface area is 115 Å². The summed E-state index contributed by atoms with van der Waals surface area (Å²) in [5.41, 5.74) is 0.634. The van der Waals surface area contributed by atoms with Crippen molar-refractivity contribution in [3.8, 4) is 0 Å². The highest BCUT2D eigenvalue weighted by atomic mass is 32.2. The van der Waals surface area contributed by atoms with Crippen LogP contribution in [-0.2, 0) is 10.0 Å². The number of para-hydroxylation sites is 1. The number of sulfonamides is 1. The van der Waals surface area contributed by atoms with Gasteiger partial charge in [0.05, 0.1) is 5.69 Å². The minimum absolute atomic E-state index is 0.323. The van der Waals surface area contributed by atoms with Crippen LogP contribution in [0, 0.1) is 11.8 Å². The molecule has 1 aliphatic carbocycles. The Kier molecular flexibility index (Phi) is 4.47. The molecule has 0 spiro atoms. The predicted octanol–water partition coefficient (Wildman–Crippen LogP) is 2.44. The van der Waals surface area contributed by atoms with Crippen LogP contribution in [0.2, 0.25) is 0 Å². The third kappa shape index (κ3) is 3.48. The summed E-state index contributed by atoms with van der Waals surface area (Å²) in [6.07, 6.45) is 3.45. The molecule has 0 heterocycles. The summed E-state index contributed by atoms with van der Waals surface area (Å²) >= 11 is 0. The lowest BCUT2D eigenvalue weighted by Gasteiger charge is -2.14. The van der Waals surface area contributed by atoms with Gasteiger partial charge in [0.2, 0.25) is 10.0 Å². The van der Waals surface area contributed by atoms with E-state index in [0.29, 0.717) is 23.0 Å². The monoisotopic (exact) mass is 282 g/mol. The van der Waals surface area contributed by atoms with Crippen molar-refractivity contribution in [3.63, 3.8) is 0 Å². The Hall–Kier alpha value is -1.07. The molecule has 106 valence electrons. The van der Waals surface area contributed by atoms with Crippen molar-refractivity contribution in [1.82, 2.24) is 4.72 Å². The van der Waals surface area contributed by atoms with Crippen molar-refractivity contribution in [2.75, 3.05) is 18.9 Å². The fourth-order valence-electron chi connectivity index (χ4n) is 2.72. The van der Waals surface area contributed by atoms with E-state index in [1.165, 1.54) is 6.42 Å². The SMILES string of the molecule is CNc1ccccc1S(=O)(=O)NCC1CCC(C)C1. The summed E-state index contributed by atoms with van der Waals surface area (Å²) in [5.74, 6) is 1.20. The average Bonchev–Trinajstić information content (AvgIpc) is 2.82. The number of hydrogen-bond donors (Lipinski definition) is 2. The highest BCUT2D eigenvalue weighted by Crippen LogP contribution is 2.30. The van der Waals surface area contributed by atoms with Gasteiger partial charge < -0.3 is 5.32 Å². The first-order valence-corrected chi connectivity index (χ1v) is 8.27. The molecule has 0 aliphatic heterocycles. The van der Waals surface area contributed by atoms with Gasteiger partial charge in [-0.1, -0.05) is 25.5 Å². The fourth-order valence-corrected chi connectivity index (χ4v) is 4.05. The molecule has 5 heteroatoms. The molecule has 2 atom stereocenters. The molecule has 2 N–H and O–H groups in total. The summed E-state index contributed by atoms with van der Waals surface area (Å²) in [6, 6.07) is 6.97. The summed E-state index contributed by atoms with van der Waals surface area (Å²) in [6.45, 7) is 2.77. The van der Waals surface area contributed by atoms with E-state index in [2.05, 4.69) is 17.0 Å². The number of nitrogens with one attached hydrogen (secondary N) is 2. The lowest BCUT2D eigenvalue weighted by Crippen LogP contribution is -2.29. The molecular weight excluding hydrogens is 260 g/mol. The van der Waals surface area contributed by atoms with E-state index in [-0.39, 0.29) is 0 Å². The summed E-state index contributed by atoms with van der Waals surface area (Å²) in [7, 11) is -1.69. The van der Waals surface area contributed by atoms with Crippen LogP contribution < -0.4 is 10.0 Å². The van der Waals surface area contributed by atoms with E-state index in [0.717, 1.165) is 18.8 Å². The van der Waals surface area contributed by atoms with E-state index < -0.39 is 10.0 Å². The van der Waals surface area contributed by atoms with Crippen LogP contribution in [0.5, 0.6) is 0 Å². The molecule has 1 aromatic carbocycles. The van der Waals surface area contributed by atoms with Crippen LogP contribution in [0.3, 0.4) is 0 Å². The van der Waals surface area contributed by atoms with Crippen molar-refractivity contribution in [2.24, 2.45) is 11.8 Å². The Morgan fingerprint density at radius 2 is 2.00 bits per heavy atom. The molecule has 19 heavy (non-hydrogen) atoms. The maximum atomic E-state index is 12.3. The lowest BCUT2D eigenvalue weighted by molar-refractivity contribution is 0.498. The molecule has 2 unspecified atom stereocenters. The molecule has 0 saturated heterocycles. The second-order valence-electron chi connectivity index (χ2n) is 5.38. The normalized spacial score (nSPS) is 23.5. The summed E-state index contributed by atoms with van der Waals surface area (Å²) in [4.78, 5) is 0.323. The van der Waals surface area contributed by atoms with E-state index in [1.54, 1.807) is 25.2 Å². The van der Waals surface area contributed by atoms with Gasteiger partial charge in [0.15, 0.2) is 0 Å². The number of hydrogen-bond acceptors (Lipinski definition) is 3.